The Balaban J connectivity index is 2.94. The zero-order valence-corrected chi connectivity index (χ0v) is 9.13. The van der Waals surface area contributed by atoms with Gasteiger partial charge in [-0.3, -0.25) is 4.79 Å². The van der Waals surface area contributed by atoms with Gasteiger partial charge in [0, 0.05) is 35.5 Å². The lowest BCUT2D eigenvalue weighted by molar-refractivity contribution is -0.144. The van der Waals surface area contributed by atoms with Gasteiger partial charge in [0.15, 0.2) is 0 Å². The van der Waals surface area contributed by atoms with Crippen molar-refractivity contribution in [1.29, 1.82) is 0 Å². The van der Waals surface area contributed by atoms with Crippen molar-refractivity contribution in [2.24, 2.45) is 18.8 Å². The van der Waals surface area contributed by atoms with Crippen molar-refractivity contribution in [3.8, 4) is 0 Å². The first-order valence-corrected chi connectivity index (χ1v) is 5.16. The van der Waals surface area contributed by atoms with Crippen LogP contribution >= 0.6 is 0 Å². The minimum atomic E-state index is -2.35. The minimum absolute atomic E-state index is 0.166. The number of nitrogens with zero attached hydrogens (tertiary/aromatic N) is 2. The Labute approximate surface area is 99.0 Å². The molecule has 0 aromatic carbocycles. The Kier molecular flexibility index (Phi) is 3.09. The molecule has 0 amide bonds. The molecule has 2 N–H and O–H groups in total. The van der Waals surface area contributed by atoms with Crippen molar-refractivity contribution >= 4 is 5.97 Å². The molecule has 0 fully saturated rings. The molecule has 1 aromatic heterocycles. The Morgan fingerprint density at radius 2 is 2.50 bits per heavy atom. The quantitative estimate of drug-likeness (QED) is 0.752. The topological polar surface area (TPSA) is 75.3 Å². The van der Waals surface area contributed by atoms with Crippen LogP contribution in [0.4, 0.5) is 0 Å². The molecule has 16 heavy (non-hydrogen) atoms. The van der Waals surface area contributed by atoms with Gasteiger partial charge in [-0.15, -0.1) is 0 Å². The molecule has 0 saturated heterocycles. The summed E-state index contributed by atoms with van der Waals surface area (Å²) in [6.45, 7) is -0.934. The summed E-state index contributed by atoms with van der Waals surface area (Å²) < 4.78 is 23.1. The fourth-order valence-electron chi connectivity index (χ4n) is 1.79. The lowest BCUT2D eigenvalue weighted by Gasteiger charge is -2.20. The van der Waals surface area contributed by atoms with E-state index >= 15 is 0 Å². The number of rotatable bonds is 6. The fraction of sp³-hybridized carbons (Fsp3) is 0.636. The Bertz CT molecular complexity index is 431. The van der Waals surface area contributed by atoms with Gasteiger partial charge in [0.25, 0.3) is 0 Å². The number of aliphatic carboxylic acids is 1. The van der Waals surface area contributed by atoms with E-state index in [9.17, 15) is 9.90 Å². The molecular formula is C11H18N2O3. The minimum Gasteiger partial charge on any atom is -0.481 e. The van der Waals surface area contributed by atoms with E-state index in [1.54, 1.807) is 6.92 Å². The predicted octanol–water partition coefficient (Wildman–Crippen LogP) is 0.682. The van der Waals surface area contributed by atoms with E-state index in [1.165, 1.54) is 12.5 Å². The van der Waals surface area contributed by atoms with Crippen molar-refractivity contribution < 1.29 is 19.1 Å². The molecule has 1 heterocycles. The molecular weight excluding hydrogens is 208 g/mol. The lowest BCUT2D eigenvalue weighted by atomic mass is 9.87. The average Bonchev–Trinajstić information content (AvgIpc) is 2.75. The summed E-state index contributed by atoms with van der Waals surface area (Å²) in [7, 11) is 0. The third kappa shape index (κ3) is 2.82. The monoisotopic (exact) mass is 229 g/mol. The normalized spacial score (nSPS) is 18.2. The number of carbonyl (C=O) groups is 1. The van der Waals surface area contributed by atoms with Crippen LogP contribution in [-0.2, 0) is 18.2 Å². The molecule has 0 aliphatic heterocycles. The maximum absolute atomic E-state index is 11.1. The standard InChI is InChI=1S/C11H18N2O3/c1-3-10(11(15)16)8(6-14)4-9-5-12-7-13(9)2/h5,7-8,10,14H,3-4,6H2,1-2H3,(H,15,16)/t8-,10?/m0/s1/i2D3. The zero-order chi connectivity index (χ0) is 14.6. The number of aliphatic hydroxyl groups is 1. The zero-order valence-electron chi connectivity index (χ0n) is 12.1. The Morgan fingerprint density at radius 1 is 1.75 bits per heavy atom. The number of carboxylic acid groups (broad SMARTS) is 1. The maximum atomic E-state index is 11.1. The van der Waals surface area contributed by atoms with Crippen molar-refractivity contribution in [3.05, 3.63) is 18.2 Å². The van der Waals surface area contributed by atoms with Gasteiger partial charge in [0.05, 0.1) is 12.2 Å². The summed E-state index contributed by atoms with van der Waals surface area (Å²) in [5.41, 5.74) is 0.402. The van der Waals surface area contributed by atoms with E-state index in [-0.39, 0.29) is 13.0 Å². The van der Waals surface area contributed by atoms with Gasteiger partial charge in [-0.1, -0.05) is 6.92 Å². The molecule has 5 nitrogen and oxygen atoms in total. The van der Waals surface area contributed by atoms with Crippen molar-refractivity contribution in [2.75, 3.05) is 6.61 Å². The molecule has 0 aliphatic rings. The highest BCUT2D eigenvalue weighted by atomic mass is 16.4. The lowest BCUT2D eigenvalue weighted by Crippen LogP contribution is -2.28. The van der Waals surface area contributed by atoms with Crippen LogP contribution in [-0.4, -0.2) is 32.3 Å². The number of aromatic nitrogens is 2. The van der Waals surface area contributed by atoms with E-state index < -0.39 is 24.8 Å². The summed E-state index contributed by atoms with van der Waals surface area (Å²) in [5.74, 6) is -2.22. The number of aliphatic hydroxyl groups excluding tert-OH is 1. The fourth-order valence-corrected chi connectivity index (χ4v) is 1.79. The summed E-state index contributed by atoms with van der Waals surface area (Å²) in [6, 6.07) is 0. The highest BCUT2D eigenvalue weighted by Crippen LogP contribution is 2.20. The summed E-state index contributed by atoms with van der Waals surface area (Å²) >= 11 is 0. The highest BCUT2D eigenvalue weighted by Gasteiger charge is 2.26. The van der Waals surface area contributed by atoms with Crippen LogP contribution in [0.3, 0.4) is 0 Å². The third-order valence-corrected chi connectivity index (χ3v) is 2.75. The Hall–Kier alpha value is -1.36. The molecule has 0 bridgehead atoms. The Morgan fingerprint density at radius 3 is 3.00 bits per heavy atom. The van der Waals surface area contributed by atoms with E-state index in [0.29, 0.717) is 12.1 Å². The van der Waals surface area contributed by atoms with Crippen molar-refractivity contribution in [3.63, 3.8) is 0 Å². The second kappa shape index (κ2) is 5.65. The van der Waals surface area contributed by atoms with Gasteiger partial charge in [0.2, 0.25) is 0 Å². The molecule has 1 rings (SSSR count). The summed E-state index contributed by atoms with van der Waals surface area (Å²) in [4.78, 5) is 14.9. The first-order chi connectivity index (χ1) is 8.81. The van der Waals surface area contributed by atoms with Crippen LogP contribution in [0.2, 0.25) is 0 Å². The molecule has 90 valence electrons. The molecule has 1 aromatic rings. The number of hydrogen-bond donors (Lipinski definition) is 2. The molecule has 0 spiro atoms. The van der Waals surface area contributed by atoms with Crippen LogP contribution in [0.1, 0.15) is 23.2 Å². The first kappa shape index (κ1) is 8.75. The van der Waals surface area contributed by atoms with Gasteiger partial charge >= 0.3 is 5.97 Å². The molecule has 0 aliphatic carbocycles. The largest absolute Gasteiger partial charge is 0.481 e. The van der Waals surface area contributed by atoms with Crippen LogP contribution in [0.5, 0.6) is 0 Å². The average molecular weight is 229 g/mol. The molecule has 0 radical (unpaired) electrons. The maximum Gasteiger partial charge on any atom is 0.306 e. The number of hydrogen-bond acceptors (Lipinski definition) is 3. The van der Waals surface area contributed by atoms with E-state index in [0.717, 1.165) is 4.57 Å². The van der Waals surface area contributed by atoms with Crippen LogP contribution in [0.15, 0.2) is 12.5 Å². The molecule has 0 saturated carbocycles. The molecule has 5 heteroatoms. The van der Waals surface area contributed by atoms with Gasteiger partial charge in [-0.05, 0) is 12.8 Å². The summed E-state index contributed by atoms with van der Waals surface area (Å²) in [6.07, 6.45) is 3.13. The summed E-state index contributed by atoms with van der Waals surface area (Å²) in [5, 5.41) is 18.4. The smallest absolute Gasteiger partial charge is 0.306 e. The van der Waals surface area contributed by atoms with Gasteiger partial charge < -0.3 is 14.8 Å². The van der Waals surface area contributed by atoms with Gasteiger partial charge in [0.1, 0.15) is 0 Å². The predicted molar refractivity (Wildman–Crippen MR) is 58.9 cm³/mol. The number of carboxylic acids is 1. The SMILES string of the molecule is [2H]C([2H])([2H])n1cncc1C[C@@H](CO)C(CC)C(=O)O. The van der Waals surface area contributed by atoms with Crippen LogP contribution in [0, 0.1) is 11.8 Å². The molecule has 2 atom stereocenters. The number of aryl methyl sites for hydroxylation is 1. The van der Waals surface area contributed by atoms with E-state index in [2.05, 4.69) is 4.98 Å². The molecule has 1 unspecified atom stereocenters. The second-order valence-corrected chi connectivity index (χ2v) is 3.75. The van der Waals surface area contributed by atoms with Crippen LogP contribution in [0.25, 0.3) is 0 Å². The first-order valence-electron chi connectivity index (χ1n) is 6.66. The van der Waals surface area contributed by atoms with Gasteiger partial charge in [-0.25, -0.2) is 4.98 Å². The van der Waals surface area contributed by atoms with Gasteiger partial charge in [-0.2, -0.15) is 0 Å². The van der Waals surface area contributed by atoms with Crippen molar-refractivity contribution in [1.82, 2.24) is 9.55 Å². The second-order valence-electron chi connectivity index (χ2n) is 3.75. The van der Waals surface area contributed by atoms with Crippen LogP contribution < -0.4 is 0 Å². The van der Waals surface area contributed by atoms with E-state index in [4.69, 9.17) is 9.22 Å². The third-order valence-electron chi connectivity index (χ3n) is 2.75. The van der Waals surface area contributed by atoms with Crippen molar-refractivity contribution in [2.45, 2.75) is 19.8 Å². The van der Waals surface area contributed by atoms with E-state index in [1.807, 2.05) is 0 Å². The number of imidazole rings is 1. The highest BCUT2D eigenvalue weighted by molar-refractivity contribution is 5.70.